The number of fused-ring (bicyclic) bond motifs is 3. The van der Waals surface area contributed by atoms with Crippen molar-refractivity contribution in [1.82, 2.24) is 0 Å². The summed E-state index contributed by atoms with van der Waals surface area (Å²) >= 11 is 0. The highest BCUT2D eigenvalue weighted by atomic mass is 16.6. The Morgan fingerprint density at radius 1 is 1.50 bits per heavy atom. The number of aliphatic hydroxyl groups is 1. The molecule has 0 aromatic heterocycles. The highest BCUT2D eigenvalue weighted by Crippen LogP contribution is 2.60. The van der Waals surface area contributed by atoms with Gasteiger partial charge in [-0.2, -0.15) is 0 Å². The molecule has 0 unspecified atom stereocenters. The van der Waals surface area contributed by atoms with Gasteiger partial charge < -0.3 is 14.6 Å². The van der Waals surface area contributed by atoms with Gasteiger partial charge in [0.2, 0.25) is 0 Å². The van der Waals surface area contributed by atoms with Gasteiger partial charge >= 0.3 is 11.9 Å². The molecule has 1 saturated heterocycles. The molecule has 0 radical (unpaired) electrons. The second kappa shape index (κ2) is 4.82. The molecule has 2 saturated carbocycles. The van der Waals surface area contributed by atoms with Crippen molar-refractivity contribution in [2.75, 3.05) is 0 Å². The van der Waals surface area contributed by atoms with E-state index in [1.165, 1.54) is 6.92 Å². The van der Waals surface area contributed by atoms with Crippen LogP contribution in [0.3, 0.4) is 0 Å². The lowest BCUT2D eigenvalue weighted by Crippen LogP contribution is -2.66. The standard InChI is InChI=1S/C17H24O5/c1-9-6-5-7-16(4)8-12(21-11(3)18)13-10(2)15(19)22-14(13)17(9,16)20/h10,12-14,20H,1,5-8H2,2-4H3/t10-,12+,13-,14-,16+,17+/m1/s1. The first kappa shape index (κ1) is 15.5. The summed E-state index contributed by atoms with van der Waals surface area (Å²) in [6.45, 7) is 9.20. The Bertz CT molecular complexity index is 541. The van der Waals surface area contributed by atoms with Gasteiger partial charge in [0.25, 0.3) is 0 Å². The molecule has 3 rings (SSSR count). The van der Waals surface area contributed by atoms with Crippen LogP contribution in [-0.2, 0) is 19.1 Å². The van der Waals surface area contributed by atoms with E-state index in [-0.39, 0.29) is 17.9 Å². The molecular weight excluding hydrogens is 284 g/mol. The number of carbonyl (C=O) groups is 2. The van der Waals surface area contributed by atoms with Crippen LogP contribution in [0, 0.1) is 17.3 Å². The van der Waals surface area contributed by atoms with Gasteiger partial charge in [-0.15, -0.1) is 0 Å². The van der Waals surface area contributed by atoms with E-state index in [0.29, 0.717) is 6.42 Å². The Balaban J connectivity index is 2.06. The quantitative estimate of drug-likeness (QED) is 0.592. The number of hydrogen-bond donors (Lipinski definition) is 1. The zero-order chi connectivity index (χ0) is 16.3. The first-order valence-corrected chi connectivity index (χ1v) is 7.99. The van der Waals surface area contributed by atoms with Crippen LogP contribution in [0.5, 0.6) is 0 Å². The maximum Gasteiger partial charge on any atom is 0.309 e. The third-order valence-electron chi connectivity index (χ3n) is 6.02. The average molecular weight is 308 g/mol. The summed E-state index contributed by atoms with van der Waals surface area (Å²) in [4.78, 5) is 23.6. The minimum Gasteiger partial charge on any atom is -0.462 e. The smallest absolute Gasteiger partial charge is 0.309 e. The number of ether oxygens (including phenoxy) is 2. The van der Waals surface area contributed by atoms with Crippen molar-refractivity contribution in [3.05, 3.63) is 12.2 Å². The Hall–Kier alpha value is -1.36. The second-order valence-electron chi connectivity index (χ2n) is 7.36. The van der Waals surface area contributed by atoms with Crippen molar-refractivity contribution < 1.29 is 24.2 Å². The molecule has 1 N–H and O–H groups in total. The first-order chi connectivity index (χ1) is 10.2. The van der Waals surface area contributed by atoms with Crippen LogP contribution in [0.25, 0.3) is 0 Å². The van der Waals surface area contributed by atoms with Crippen molar-refractivity contribution in [1.29, 1.82) is 0 Å². The molecule has 1 aliphatic heterocycles. The minimum atomic E-state index is -1.23. The molecule has 2 aliphatic carbocycles. The topological polar surface area (TPSA) is 72.8 Å². The number of esters is 2. The summed E-state index contributed by atoms with van der Waals surface area (Å²) < 4.78 is 11.1. The van der Waals surface area contributed by atoms with E-state index in [1.807, 2.05) is 6.92 Å². The summed E-state index contributed by atoms with van der Waals surface area (Å²) in [5.41, 5.74) is -0.986. The molecule has 0 spiro atoms. The van der Waals surface area contributed by atoms with Crippen molar-refractivity contribution in [3.63, 3.8) is 0 Å². The van der Waals surface area contributed by atoms with Crippen LogP contribution in [0.15, 0.2) is 12.2 Å². The van der Waals surface area contributed by atoms with Crippen molar-refractivity contribution in [2.24, 2.45) is 17.3 Å². The molecule has 122 valence electrons. The van der Waals surface area contributed by atoms with Crippen LogP contribution in [0.2, 0.25) is 0 Å². The van der Waals surface area contributed by atoms with E-state index in [4.69, 9.17) is 9.47 Å². The summed E-state index contributed by atoms with van der Waals surface area (Å²) in [6.07, 6.45) is 1.93. The zero-order valence-electron chi connectivity index (χ0n) is 13.4. The van der Waals surface area contributed by atoms with Gasteiger partial charge in [0.1, 0.15) is 17.8 Å². The Labute approximate surface area is 130 Å². The molecule has 3 aliphatic rings. The third-order valence-corrected chi connectivity index (χ3v) is 6.02. The molecule has 0 aromatic rings. The highest BCUT2D eigenvalue weighted by Gasteiger charge is 2.68. The van der Waals surface area contributed by atoms with Crippen LogP contribution in [0.4, 0.5) is 0 Å². The molecule has 0 aromatic carbocycles. The number of carbonyl (C=O) groups excluding carboxylic acids is 2. The molecular formula is C17H24O5. The molecule has 0 bridgehead atoms. The minimum absolute atomic E-state index is 0.315. The largest absolute Gasteiger partial charge is 0.462 e. The van der Waals surface area contributed by atoms with Crippen molar-refractivity contribution >= 4 is 11.9 Å². The Morgan fingerprint density at radius 2 is 2.18 bits per heavy atom. The first-order valence-electron chi connectivity index (χ1n) is 7.99. The fourth-order valence-corrected chi connectivity index (χ4v) is 4.83. The van der Waals surface area contributed by atoms with Gasteiger partial charge in [0.15, 0.2) is 0 Å². The van der Waals surface area contributed by atoms with E-state index >= 15 is 0 Å². The van der Waals surface area contributed by atoms with Crippen LogP contribution in [0.1, 0.15) is 46.5 Å². The molecule has 3 fully saturated rings. The molecule has 1 heterocycles. The fraction of sp³-hybridized carbons (Fsp3) is 0.765. The lowest BCUT2D eigenvalue weighted by molar-refractivity contribution is -0.216. The van der Waals surface area contributed by atoms with Crippen LogP contribution < -0.4 is 0 Å². The molecule has 5 nitrogen and oxygen atoms in total. The number of rotatable bonds is 1. The summed E-state index contributed by atoms with van der Waals surface area (Å²) in [5.74, 6) is -1.40. The third kappa shape index (κ3) is 1.87. The fourth-order valence-electron chi connectivity index (χ4n) is 4.83. The van der Waals surface area contributed by atoms with E-state index in [1.54, 1.807) is 6.92 Å². The van der Waals surface area contributed by atoms with E-state index in [2.05, 4.69) is 6.58 Å². The van der Waals surface area contributed by atoms with Crippen molar-refractivity contribution in [2.45, 2.75) is 64.3 Å². The van der Waals surface area contributed by atoms with Gasteiger partial charge in [-0.1, -0.05) is 20.4 Å². The van der Waals surface area contributed by atoms with Crippen LogP contribution in [-0.4, -0.2) is 34.9 Å². The Morgan fingerprint density at radius 3 is 2.82 bits per heavy atom. The molecule has 22 heavy (non-hydrogen) atoms. The lowest BCUT2D eigenvalue weighted by Gasteiger charge is -2.58. The lowest BCUT2D eigenvalue weighted by atomic mass is 9.51. The van der Waals surface area contributed by atoms with Crippen LogP contribution >= 0.6 is 0 Å². The Kier molecular flexibility index (Phi) is 3.40. The monoisotopic (exact) mass is 308 g/mol. The van der Waals surface area contributed by atoms with Gasteiger partial charge in [0.05, 0.1) is 5.92 Å². The summed E-state index contributed by atoms with van der Waals surface area (Å²) in [7, 11) is 0. The van der Waals surface area contributed by atoms with Gasteiger partial charge in [-0.3, -0.25) is 9.59 Å². The maximum atomic E-state index is 12.1. The van der Waals surface area contributed by atoms with E-state index < -0.39 is 29.1 Å². The predicted molar refractivity (Wildman–Crippen MR) is 78.8 cm³/mol. The SMILES string of the molecule is C=C1CCC[C@@]2(C)C[C@H](OC(C)=O)[C@@H]3[C@@H](OC(=O)[C@@H]3C)[C@@]12O. The summed E-state index contributed by atoms with van der Waals surface area (Å²) in [6, 6.07) is 0. The maximum absolute atomic E-state index is 12.1. The molecule has 0 amide bonds. The van der Waals surface area contributed by atoms with E-state index in [0.717, 1.165) is 24.8 Å². The average Bonchev–Trinajstić information content (AvgIpc) is 2.71. The summed E-state index contributed by atoms with van der Waals surface area (Å²) in [5, 5.41) is 11.5. The van der Waals surface area contributed by atoms with Gasteiger partial charge in [-0.25, -0.2) is 0 Å². The normalized spacial score (nSPS) is 47.5. The zero-order valence-corrected chi connectivity index (χ0v) is 13.4. The predicted octanol–water partition coefficient (Wildman–Crippen LogP) is 1.98. The highest BCUT2D eigenvalue weighted by molar-refractivity contribution is 5.76. The van der Waals surface area contributed by atoms with Gasteiger partial charge in [0, 0.05) is 18.3 Å². The second-order valence-corrected chi connectivity index (χ2v) is 7.36. The number of hydrogen-bond acceptors (Lipinski definition) is 5. The van der Waals surface area contributed by atoms with Crippen molar-refractivity contribution in [3.8, 4) is 0 Å². The molecule has 6 atom stereocenters. The van der Waals surface area contributed by atoms with Gasteiger partial charge in [-0.05, 0) is 31.3 Å². The van der Waals surface area contributed by atoms with E-state index in [9.17, 15) is 14.7 Å². The molecule has 5 heteroatoms.